The van der Waals surface area contributed by atoms with Crippen LogP contribution in [0.25, 0.3) is 0 Å². The molecule has 0 atom stereocenters. The normalized spacial score (nSPS) is 4.94. The van der Waals surface area contributed by atoms with E-state index < -0.39 is 0 Å². The molecule has 0 amide bonds. The van der Waals surface area contributed by atoms with E-state index in [1.54, 1.807) is 6.08 Å². The molecule has 6 heteroatoms. The van der Waals surface area contributed by atoms with Crippen LogP contribution in [0.5, 0.6) is 0 Å². The first kappa shape index (κ1) is 29.3. The topological polar surface area (TPSA) is 86.0 Å². The van der Waals surface area contributed by atoms with Gasteiger partial charge in [0.05, 0.1) is 0 Å². The maximum Gasteiger partial charge on any atom is 0 e. The summed E-state index contributed by atoms with van der Waals surface area (Å²) in [5.41, 5.74) is 0.713. The summed E-state index contributed by atoms with van der Waals surface area (Å²) in [5.74, 6) is -0.294. The van der Waals surface area contributed by atoms with E-state index in [-0.39, 0.29) is 29.6 Å². The largest absolute Gasteiger partial charge is 0 e. The van der Waals surface area contributed by atoms with Crippen LogP contribution in [0.15, 0.2) is 24.8 Å². The van der Waals surface area contributed by atoms with Crippen LogP contribution in [-0.4, -0.2) is 12.6 Å². The summed E-state index contributed by atoms with van der Waals surface area (Å²) in [6.07, 6.45) is 1.56. The third-order valence-electron chi connectivity index (χ3n) is 0.750. The van der Waals surface area contributed by atoms with Crippen molar-refractivity contribution in [2.45, 2.75) is 6.92 Å². The van der Waals surface area contributed by atoms with Gasteiger partial charge in [-0.15, -0.1) is 0 Å². The van der Waals surface area contributed by atoms with Crippen molar-refractivity contribution in [1.82, 2.24) is 0 Å². The summed E-state index contributed by atoms with van der Waals surface area (Å²) in [7, 11) is 0. The summed E-state index contributed by atoms with van der Waals surface area (Å²) in [5, 5.41) is 0. The molecule has 0 aromatic rings. The van der Waals surface area contributed by atoms with Gasteiger partial charge in [-0.25, -0.2) is 0 Å². The molecule has 0 N–H and O–H groups in total. The van der Waals surface area contributed by atoms with Gasteiger partial charge in [-0.3, -0.25) is 4.79 Å². The Balaban J connectivity index is -0.0000000498. The third kappa shape index (κ3) is 53.6. The molecule has 0 unspecified atom stereocenters. The van der Waals surface area contributed by atoms with Crippen molar-refractivity contribution < 1.29 is 40.6 Å². The monoisotopic (exact) mass is 266 g/mol. The van der Waals surface area contributed by atoms with Gasteiger partial charge in [0.15, 0.2) is 0 Å². The number of carbonyl (C=O) groups excluding carboxylic acids is 1. The molecule has 0 heterocycles. The van der Waals surface area contributed by atoms with Crippen LogP contribution < -0.4 is 0 Å². The molecule has 0 aliphatic heterocycles. The minimum absolute atomic E-state index is 0. The van der Waals surface area contributed by atoms with E-state index in [1.165, 1.54) is 6.92 Å². The predicted molar refractivity (Wildman–Crippen MR) is 47.8 cm³/mol. The van der Waals surface area contributed by atoms with Gasteiger partial charge in [-0.2, -0.15) is 0 Å². The number of ether oxygens (including phenoxy) is 1. The zero-order valence-corrected chi connectivity index (χ0v) is 9.70. The maximum atomic E-state index is 10.2. The smallest absolute Gasteiger partial charge is 0 e. The number of esters is 1. The second-order valence-corrected chi connectivity index (χ2v) is 1.64. The molecule has 0 aliphatic rings. The Hall–Kier alpha value is -1.31. The molecular weight excluding hydrogens is 256 g/mol. The fourth-order valence-corrected chi connectivity index (χ4v) is 0.253. The predicted octanol–water partition coefficient (Wildman–Crippen LogP) is 1.18. The SMILES string of the molecule is C=CC(=C)COC(C)=O.[C-]#[O+].[C-]#[O+].[C-]#[O+].[Fe]. The molecule has 16 heavy (non-hydrogen) atoms. The average Bonchev–Trinajstić information content (AvgIpc) is 2.33. The van der Waals surface area contributed by atoms with E-state index >= 15 is 0 Å². The molecule has 0 radical (unpaired) electrons. The maximum absolute atomic E-state index is 10.2. The first-order chi connectivity index (χ1) is 7.16. The number of hydrogen-bond acceptors (Lipinski definition) is 2. The fraction of sp³-hybridized carbons (Fsp3) is 0.200. The Bertz CT molecular complexity index is 225. The summed E-state index contributed by atoms with van der Waals surface area (Å²) < 4.78 is 27.1. The van der Waals surface area contributed by atoms with Crippen molar-refractivity contribution >= 4 is 5.97 Å². The van der Waals surface area contributed by atoms with Crippen molar-refractivity contribution in [2.75, 3.05) is 6.61 Å². The van der Waals surface area contributed by atoms with E-state index in [9.17, 15) is 4.79 Å². The van der Waals surface area contributed by atoms with E-state index in [0.29, 0.717) is 5.57 Å². The molecular formula is C10H10FeO5. The van der Waals surface area contributed by atoms with Crippen LogP contribution in [0.3, 0.4) is 0 Å². The zero-order chi connectivity index (χ0) is 13.3. The summed E-state index contributed by atoms with van der Waals surface area (Å²) in [4.78, 5) is 10.2. The molecule has 0 aromatic heterocycles. The van der Waals surface area contributed by atoms with Crippen LogP contribution in [-0.2, 0) is 40.6 Å². The van der Waals surface area contributed by atoms with Crippen LogP contribution in [0.1, 0.15) is 6.92 Å². The zero-order valence-electron chi connectivity index (χ0n) is 8.59. The standard InChI is InChI=1S/C7H10O2.3CO.Fe/c1-4-6(2)5-9-7(3)8;3*1-2;/h4H,1-2,5H2,3H3;;;;. The minimum Gasteiger partial charge on any atom is 0 e. The van der Waals surface area contributed by atoms with E-state index in [4.69, 9.17) is 14.0 Å². The molecule has 0 saturated carbocycles. The number of rotatable bonds is 3. The van der Waals surface area contributed by atoms with Gasteiger partial charge in [0.2, 0.25) is 0 Å². The van der Waals surface area contributed by atoms with Crippen molar-refractivity contribution in [3.8, 4) is 0 Å². The van der Waals surface area contributed by atoms with E-state index in [2.05, 4.69) is 37.8 Å². The van der Waals surface area contributed by atoms with Gasteiger partial charge >= 0.3 is 39.9 Å². The van der Waals surface area contributed by atoms with Gasteiger partial charge in [-0.05, 0) is 5.57 Å². The van der Waals surface area contributed by atoms with E-state index in [0.717, 1.165) is 0 Å². The summed E-state index contributed by atoms with van der Waals surface area (Å²) in [6, 6.07) is 0. The molecule has 5 nitrogen and oxygen atoms in total. The molecule has 0 aliphatic carbocycles. The van der Waals surface area contributed by atoms with Crippen molar-refractivity contribution in [1.29, 1.82) is 0 Å². The molecule has 0 spiro atoms. The number of hydrogen-bond donors (Lipinski definition) is 0. The molecule has 0 rings (SSSR count). The Kier molecular flexibility index (Phi) is 68.3. The Morgan fingerprint density at radius 2 is 1.56 bits per heavy atom. The summed E-state index contributed by atoms with van der Waals surface area (Å²) in [6.45, 7) is 22.1. The van der Waals surface area contributed by atoms with E-state index in [1.807, 2.05) is 0 Å². The van der Waals surface area contributed by atoms with Crippen LogP contribution in [0.4, 0.5) is 0 Å². The van der Waals surface area contributed by atoms with Gasteiger partial charge in [-0.1, -0.05) is 19.2 Å². The third-order valence-corrected chi connectivity index (χ3v) is 0.750. The Morgan fingerprint density at radius 1 is 1.25 bits per heavy atom. The molecule has 0 bridgehead atoms. The van der Waals surface area contributed by atoms with Crippen molar-refractivity contribution in [2.24, 2.45) is 0 Å². The van der Waals surface area contributed by atoms with Crippen LogP contribution in [0, 0.1) is 20.0 Å². The van der Waals surface area contributed by atoms with Crippen LogP contribution in [0.2, 0.25) is 0 Å². The first-order valence-corrected chi connectivity index (χ1v) is 3.21. The minimum atomic E-state index is -0.294. The molecule has 88 valence electrons. The van der Waals surface area contributed by atoms with Crippen molar-refractivity contribution in [3.63, 3.8) is 0 Å². The molecule has 0 fully saturated rings. The van der Waals surface area contributed by atoms with Crippen molar-refractivity contribution in [3.05, 3.63) is 44.8 Å². The Labute approximate surface area is 105 Å². The quantitative estimate of drug-likeness (QED) is 0.252. The van der Waals surface area contributed by atoms with Gasteiger partial charge < -0.3 is 4.74 Å². The molecule has 0 saturated heterocycles. The number of carbonyl (C=O) groups is 1. The first-order valence-electron chi connectivity index (χ1n) is 3.21. The van der Waals surface area contributed by atoms with Gasteiger partial charge in [0.1, 0.15) is 6.61 Å². The second kappa shape index (κ2) is 37.3. The van der Waals surface area contributed by atoms with Gasteiger partial charge in [0.25, 0.3) is 0 Å². The van der Waals surface area contributed by atoms with Gasteiger partial charge in [0, 0.05) is 24.0 Å². The fourth-order valence-electron chi connectivity index (χ4n) is 0.253. The average molecular weight is 266 g/mol. The Morgan fingerprint density at radius 3 is 1.75 bits per heavy atom. The summed E-state index contributed by atoms with van der Waals surface area (Å²) >= 11 is 0. The van der Waals surface area contributed by atoms with Crippen LogP contribution >= 0.6 is 0 Å². The second-order valence-electron chi connectivity index (χ2n) is 1.64. The molecule has 0 aromatic carbocycles.